The van der Waals surface area contributed by atoms with Crippen molar-refractivity contribution in [2.24, 2.45) is 5.92 Å². The van der Waals surface area contributed by atoms with Gasteiger partial charge in [-0.25, -0.2) is 4.98 Å². The molecule has 20 heavy (non-hydrogen) atoms. The number of hydrogen-bond acceptors (Lipinski definition) is 5. The zero-order valence-electron chi connectivity index (χ0n) is 12.2. The fourth-order valence-electron chi connectivity index (χ4n) is 2.45. The van der Waals surface area contributed by atoms with Crippen molar-refractivity contribution in [3.05, 3.63) is 12.7 Å². The largest absolute Gasteiger partial charge is 0.379 e. The van der Waals surface area contributed by atoms with Crippen molar-refractivity contribution in [2.45, 2.75) is 13.0 Å². The van der Waals surface area contributed by atoms with Crippen LogP contribution in [0.4, 0.5) is 0 Å². The SMILES string of the molecule is CN(C)C[C@H]1COCCN(C(=O)CCn2cncn2)C1. The smallest absolute Gasteiger partial charge is 0.224 e. The van der Waals surface area contributed by atoms with Crippen molar-refractivity contribution < 1.29 is 9.53 Å². The molecule has 0 spiro atoms. The van der Waals surface area contributed by atoms with Gasteiger partial charge in [0.15, 0.2) is 0 Å². The Morgan fingerprint density at radius 3 is 3.05 bits per heavy atom. The van der Waals surface area contributed by atoms with Crippen LogP contribution >= 0.6 is 0 Å². The number of carbonyl (C=O) groups excluding carboxylic acids is 1. The molecule has 0 saturated carbocycles. The minimum Gasteiger partial charge on any atom is -0.379 e. The van der Waals surface area contributed by atoms with E-state index in [1.165, 1.54) is 6.33 Å². The molecular formula is C13H23N5O2. The predicted molar refractivity (Wildman–Crippen MR) is 74.1 cm³/mol. The van der Waals surface area contributed by atoms with Gasteiger partial charge in [-0.2, -0.15) is 5.10 Å². The second kappa shape index (κ2) is 7.35. The van der Waals surface area contributed by atoms with E-state index in [4.69, 9.17) is 4.74 Å². The summed E-state index contributed by atoms with van der Waals surface area (Å²) in [5.41, 5.74) is 0. The number of carbonyl (C=O) groups is 1. The van der Waals surface area contributed by atoms with Crippen LogP contribution < -0.4 is 0 Å². The van der Waals surface area contributed by atoms with Crippen LogP contribution in [0.25, 0.3) is 0 Å². The first kappa shape index (κ1) is 14.9. The quantitative estimate of drug-likeness (QED) is 0.742. The Balaban J connectivity index is 1.83. The Bertz CT molecular complexity index is 407. The average Bonchev–Trinajstić information content (AvgIpc) is 2.81. The summed E-state index contributed by atoms with van der Waals surface area (Å²) in [7, 11) is 4.09. The van der Waals surface area contributed by atoms with Gasteiger partial charge in [0.25, 0.3) is 0 Å². The summed E-state index contributed by atoms with van der Waals surface area (Å²) < 4.78 is 7.27. The first-order valence-corrected chi connectivity index (χ1v) is 6.98. The summed E-state index contributed by atoms with van der Waals surface area (Å²) in [6, 6.07) is 0. The molecule has 2 heterocycles. The lowest BCUT2D eigenvalue weighted by Crippen LogP contribution is -2.39. The van der Waals surface area contributed by atoms with Crippen LogP contribution in [-0.4, -0.2) is 77.4 Å². The molecule has 2 rings (SSSR count). The molecule has 1 atom stereocenters. The molecule has 0 aromatic carbocycles. The number of rotatable bonds is 5. The first-order valence-electron chi connectivity index (χ1n) is 6.98. The molecule has 1 saturated heterocycles. The molecule has 1 aliphatic heterocycles. The van der Waals surface area contributed by atoms with E-state index in [2.05, 4.69) is 15.0 Å². The summed E-state index contributed by atoms with van der Waals surface area (Å²) in [5, 5.41) is 4.01. The molecule has 1 amide bonds. The fourth-order valence-corrected chi connectivity index (χ4v) is 2.45. The standard InChI is InChI=1S/C13H23N5O2/c1-16(2)7-12-8-17(5-6-20-9-12)13(19)3-4-18-11-14-10-15-18/h10-12H,3-9H2,1-2H3/t12-/m1/s1. The first-order chi connectivity index (χ1) is 9.65. The lowest BCUT2D eigenvalue weighted by atomic mass is 10.1. The van der Waals surface area contributed by atoms with Gasteiger partial charge >= 0.3 is 0 Å². The van der Waals surface area contributed by atoms with E-state index in [1.807, 2.05) is 19.0 Å². The van der Waals surface area contributed by atoms with E-state index < -0.39 is 0 Å². The summed E-state index contributed by atoms with van der Waals surface area (Å²) >= 11 is 0. The van der Waals surface area contributed by atoms with Gasteiger partial charge in [-0.15, -0.1) is 0 Å². The number of aryl methyl sites for hydroxylation is 1. The summed E-state index contributed by atoms with van der Waals surface area (Å²) in [6.45, 7) is 4.32. The van der Waals surface area contributed by atoms with E-state index in [0.717, 1.165) is 19.7 Å². The van der Waals surface area contributed by atoms with Gasteiger partial charge in [-0.3, -0.25) is 9.48 Å². The van der Waals surface area contributed by atoms with Crippen molar-refractivity contribution in [1.29, 1.82) is 0 Å². The Hall–Kier alpha value is -1.47. The second-order valence-corrected chi connectivity index (χ2v) is 5.45. The van der Waals surface area contributed by atoms with Crippen LogP contribution in [0.15, 0.2) is 12.7 Å². The zero-order valence-corrected chi connectivity index (χ0v) is 12.2. The monoisotopic (exact) mass is 281 g/mol. The molecule has 1 aliphatic rings. The highest BCUT2D eigenvalue weighted by Crippen LogP contribution is 2.09. The van der Waals surface area contributed by atoms with Crippen LogP contribution in [0.3, 0.4) is 0 Å². The van der Waals surface area contributed by atoms with Crippen molar-refractivity contribution in [2.75, 3.05) is 46.9 Å². The van der Waals surface area contributed by atoms with E-state index in [9.17, 15) is 4.79 Å². The number of aromatic nitrogens is 3. The maximum atomic E-state index is 12.3. The highest BCUT2D eigenvalue weighted by molar-refractivity contribution is 5.76. The maximum Gasteiger partial charge on any atom is 0.224 e. The fraction of sp³-hybridized carbons (Fsp3) is 0.769. The number of ether oxygens (including phenoxy) is 1. The zero-order chi connectivity index (χ0) is 14.4. The molecule has 0 aliphatic carbocycles. The van der Waals surface area contributed by atoms with Crippen molar-refractivity contribution in [3.63, 3.8) is 0 Å². The molecule has 1 aromatic rings. The van der Waals surface area contributed by atoms with Crippen LogP contribution in [-0.2, 0) is 16.1 Å². The molecule has 112 valence electrons. The third kappa shape index (κ3) is 4.57. The van der Waals surface area contributed by atoms with Crippen molar-refractivity contribution in [1.82, 2.24) is 24.6 Å². The molecule has 0 radical (unpaired) electrons. The second-order valence-electron chi connectivity index (χ2n) is 5.45. The van der Waals surface area contributed by atoms with Crippen LogP contribution in [0.5, 0.6) is 0 Å². The lowest BCUT2D eigenvalue weighted by molar-refractivity contribution is -0.131. The molecule has 0 N–H and O–H groups in total. The normalized spacial score (nSPS) is 20.1. The van der Waals surface area contributed by atoms with E-state index in [1.54, 1.807) is 11.0 Å². The average molecular weight is 281 g/mol. The third-order valence-electron chi connectivity index (χ3n) is 3.34. The van der Waals surface area contributed by atoms with Crippen molar-refractivity contribution in [3.8, 4) is 0 Å². The van der Waals surface area contributed by atoms with Gasteiger partial charge in [-0.05, 0) is 14.1 Å². The van der Waals surface area contributed by atoms with E-state index in [0.29, 0.717) is 32.0 Å². The third-order valence-corrected chi connectivity index (χ3v) is 3.34. The van der Waals surface area contributed by atoms with Crippen LogP contribution in [0.2, 0.25) is 0 Å². The molecular weight excluding hydrogens is 258 g/mol. The Kier molecular flexibility index (Phi) is 5.49. The molecule has 0 bridgehead atoms. The summed E-state index contributed by atoms with van der Waals surface area (Å²) in [6.07, 6.45) is 3.57. The minimum absolute atomic E-state index is 0.162. The van der Waals surface area contributed by atoms with Gasteiger partial charge in [0, 0.05) is 32.0 Å². The summed E-state index contributed by atoms with van der Waals surface area (Å²) in [5.74, 6) is 0.539. The Labute approximate surface area is 119 Å². The molecule has 7 heteroatoms. The molecule has 1 fully saturated rings. The lowest BCUT2D eigenvalue weighted by Gasteiger charge is -2.25. The van der Waals surface area contributed by atoms with E-state index >= 15 is 0 Å². The summed E-state index contributed by atoms with van der Waals surface area (Å²) in [4.78, 5) is 20.2. The number of amides is 1. The number of hydrogen-bond donors (Lipinski definition) is 0. The molecule has 7 nitrogen and oxygen atoms in total. The maximum absolute atomic E-state index is 12.3. The number of nitrogens with zero attached hydrogens (tertiary/aromatic N) is 5. The Morgan fingerprint density at radius 1 is 1.50 bits per heavy atom. The van der Waals surface area contributed by atoms with Crippen molar-refractivity contribution >= 4 is 5.91 Å². The van der Waals surface area contributed by atoms with E-state index in [-0.39, 0.29) is 5.91 Å². The van der Waals surface area contributed by atoms with Crippen LogP contribution in [0, 0.1) is 5.92 Å². The highest BCUT2D eigenvalue weighted by Gasteiger charge is 2.22. The van der Waals surface area contributed by atoms with Gasteiger partial charge in [-0.1, -0.05) is 0 Å². The molecule has 1 aromatic heterocycles. The highest BCUT2D eigenvalue weighted by atomic mass is 16.5. The Morgan fingerprint density at radius 2 is 2.35 bits per heavy atom. The minimum atomic E-state index is 0.162. The molecule has 0 unspecified atom stereocenters. The topological polar surface area (TPSA) is 63.5 Å². The van der Waals surface area contributed by atoms with Gasteiger partial charge in [0.2, 0.25) is 5.91 Å². The van der Waals surface area contributed by atoms with Crippen LogP contribution in [0.1, 0.15) is 6.42 Å². The van der Waals surface area contributed by atoms with Gasteiger partial charge in [0.05, 0.1) is 19.8 Å². The van der Waals surface area contributed by atoms with Gasteiger partial charge in [0.1, 0.15) is 12.7 Å². The van der Waals surface area contributed by atoms with Gasteiger partial charge < -0.3 is 14.5 Å². The predicted octanol–water partition coefficient (Wildman–Crippen LogP) is -0.295.